The normalized spacial score (nSPS) is 11.2. The fourth-order valence-electron chi connectivity index (χ4n) is 2.55. The van der Waals surface area contributed by atoms with Gasteiger partial charge >= 0.3 is 6.09 Å². The number of amides is 2. The van der Waals surface area contributed by atoms with E-state index in [1.807, 2.05) is 31.2 Å². The maximum absolute atomic E-state index is 12.3. The van der Waals surface area contributed by atoms with Crippen molar-refractivity contribution < 1.29 is 14.3 Å². The summed E-state index contributed by atoms with van der Waals surface area (Å²) in [5.41, 5.74) is 2.09. The highest BCUT2D eigenvalue weighted by Crippen LogP contribution is 2.31. The van der Waals surface area contributed by atoms with Crippen molar-refractivity contribution in [2.24, 2.45) is 7.05 Å². The molecular weight excluding hydrogens is 412 g/mol. The molecule has 0 atom stereocenters. The third-order valence-corrected chi connectivity index (χ3v) is 4.16. The van der Waals surface area contributed by atoms with Crippen molar-refractivity contribution in [2.75, 3.05) is 11.9 Å². The molecule has 0 saturated carbocycles. The maximum atomic E-state index is 12.3. The first-order valence-corrected chi connectivity index (χ1v) is 9.42. The van der Waals surface area contributed by atoms with Crippen molar-refractivity contribution in [1.29, 1.82) is 0 Å². The lowest BCUT2D eigenvalue weighted by Gasteiger charge is -2.19. The summed E-state index contributed by atoms with van der Waals surface area (Å²) < 4.78 is 7.77. The van der Waals surface area contributed by atoms with Crippen molar-refractivity contribution in [1.82, 2.24) is 15.1 Å². The molecule has 0 radical (unpaired) electrons. The lowest BCUT2D eigenvalue weighted by molar-refractivity contribution is -0.116. The molecule has 0 aliphatic rings. The van der Waals surface area contributed by atoms with Gasteiger partial charge in [0, 0.05) is 30.0 Å². The fourth-order valence-corrected chi connectivity index (χ4v) is 2.81. The van der Waals surface area contributed by atoms with E-state index < -0.39 is 11.7 Å². The Balaban J connectivity index is 2.02. The van der Waals surface area contributed by atoms with Gasteiger partial charge in [-0.2, -0.15) is 5.10 Å². The molecule has 7 nitrogen and oxygen atoms in total. The minimum Gasteiger partial charge on any atom is -0.444 e. The standard InChI is InChI=1S/C19H25BrN4O3/c1-12-16(13-6-8-14(20)9-7-13)17(24(5)23-12)22-15(25)10-11-21-18(26)27-19(2,3)4/h6-9H,10-11H2,1-5H3,(H,21,26)(H,22,25). The minimum atomic E-state index is -0.571. The molecule has 146 valence electrons. The Morgan fingerprint density at radius 1 is 1.22 bits per heavy atom. The second-order valence-electron chi connectivity index (χ2n) is 7.17. The summed E-state index contributed by atoms with van der Waals surface area (Å²) in [4.78, 5) is 24.0. The number of hydrogen-bond donors (Lipinski definition) is 2. The number of carbonyl (C=O) groups is 2. The fraction of sp³-hybridized carbons (Fsp3) is 0.421. The molecule has 0 aliphatic heterocycles. The van der Waals surface area contributed by atoms with Crippen LogP contribution in [-0.2, 0) is 16.6 Å². The quantitative estimate of drug-likeness (QED) is 0.740. The van der Waals surface area contributed by atoms with Crippen LogP contribution in [0.1, 0.15) is 32.9 Å². The summed E-state index contributed by atoms with van der Waals surface area (Å²) in [5, 5.41) is 9.88. The molecule has 8 heteroatoms. The summed E-state index contributed by atoms with van der Waals surface area (Å²) in [6.45, 7) is 7.44. The average Bonchev–Trinajstić information content (AvgIpc) is 2.80. The van der Waals surface area contributed by atoms with Crippen LogP contribution in [-0.4, -0.2) is 33.9 Å². The molecule has 2 aromatic rings. The number of halogens is 1. The van der Waals surface area contributed by atoms with E-state index in [0.29, 0.717) is 5.82 Å². The molecule has 2 N–H and O–H groups in total. The molecular formula is C19H25BrN4O3. The number of aromatic nitrogens is 2. The van der Waals surface area contributed by atoms with Gasteiger partial charge in [-0.15, -0.1) is 0 Å². The van der Waals surface area contributed by atoms with Crippen LogP contribution in [0, 0.1) is 6.92 Å². The summed E-state index contributed by atoms with van der Waals surface area (Å²) in [6.07, 6.45) is -0.411. The molecule has 2 rings (SSSR count). The zero-order valence-corrected chi connectivity index (χ0v) is 17.8. The predicted octanol–water partition coefficient (Wildman–Crippen LogP) is 4.01. The van der Waals surface area contributed by atoms with Crippen LogP contribution in [0.2, 0.25) is 0 Å². The SMILES string of the molecule is Cc1nn(C)c(NC(=O)CCNC(=O)OC(C)(C)C)c1-c1ccc(Br)cc1. The first kappa shape index (κ1) is 21.0. The van der Waals surface area contributed by atoms with Crippen LogP contribution < -0.4 is 10.6 Å². The number of hydrogen-bond acceptors (Lipinski definition) is 4. The van der Waals surface area contributed by atoms with Gasteiger partial charge in [-0.25, -0.2) is 4.79 Å². The number of ether oxygens (including phenoxy) is 1. The maximum Gasteiger partial charge on any atom is 0.407 e. The van der Waals surface area contributed by atoms with Crippen molar-refractivity contribution >= 4 is 33.7 Å². The number of anilines is 1. The topological polar surface area (TPSA) is 85.3 Å². The van der Waals surface area contributed by atoms with E-state index in [2.05, 4.69) is 31.7 Å². The molecule has 2 amide bonds. The zero-order valence-electron chi connectivity index (χ0n) is 16.2. The Morgan fingerprint density at radius 3 is 2.44 bits per heavy atom. The smallest absolute Gasteiger partial charge is 0.407 e. The van der Waals surface area contributed by atoms with Gasteiger partial charge in [0.1, 0.15) is 11.4 Å². The van der Waals surface area contributed by atoms with Gasteiger partial charge in [0.05, 0.1) is 5.69 Å². The van der Waals surface area contributed by atoms with Gasteiger partial charge in [0.15, 0.2) is 0 Å². The van der Waals surface area contributed by atoms with Crippen LogP contribution in [0.4, 0.5) is 10.6 Å². The largest absolute Gasteiger partial charge is 0.444 e. The lowest BCUT2D eigenvalue weighted by Crippen LogP contribution is -2.34. The molecule has 0 fully saturated rings. The van der Waals surface area contributed by atoms with Crippen LogP contribution in [0.5, 0.6) is 0 Å². The number of benzene rings is 1. The van der Waals surface area contributed by atoms with Crippen molar-refractivity contribution in [3.8, 4) is 11.1 Å². The molecule has 1 heterocycles. The third-order valence-electron chi connectivity index (χ3n) is 3.63. The number of nitrogens with one attached hydrogen (secondary N) is 2. The number of rotatable bonds is 5. The molecule has 27 heavy (non-hydrogen) atoms. The molecule has 0 spiro atoms. The van der Waals surface area contributed by atoms with E-state index in [9.17, 15) is 9.59 Å². The average molecular weight is 437 g/mol. The van der Waals surface area contributed by atoms with Crippen LogP contribution in [0.25, 0.3) is 11.1 Å². The molecule has 0 unspecified atom stereocenters. The first-order chi connectivity index (χ1) is 12.6. The Kier molecular flexibility index (Phi) is 6.64. The second-order valence-corrected chi connectivity index (χ2v) is 8.08. The third kappa shape index (κ3) is 6.09. The van der Waals surface area contributed by atoms with Gasteiger partial charge in [-0.3, -0.25) is 9.48 Å². The van der Waals surface area contributed by atoms with E-state index in [1.54, 1.807) is 32.5 Å². The Labute approximate surface area is 167 Å². The van der Waals surface area contributed by atoms with Gasteiger partial charge in [0.25, 0.3) is 0 Å². The number of nitrogens with zero attached hydrogens (tertiary/aromatic N) is 2. The van der Waals surface area contributed by atoms with E-state index in [0.717, 1.165) is 21.3 Å². The molecule has 0 bridgehead atoms. The predicted molar refractivity (Wildman–Crippen MR) is 109 cm³/mol. The van der Waals surface area contributed by atoms with E-state index in [-0.39, 0.29) is 18.9 Å². The van der Waals surface area contributed by atoms with Gasteiger partial charge in [-0.1, -0.05) is 28.1 Å². The highest BCUT2D eigenvalue weighted by atomic mass is 79.9. The summed E-state index contributed by atoms with van der Waals surface area (Å²) >= 11 is 3.42. The van der Waals surface area contributed by atoms with Crippen molar-refractivity contribution in [3.05, 3.63) is 34.4 Å². The lowest BCUT2D eigenvalue weighted by atomic mass is 10.1. The van der Waals surface area contributed by atoms with Crippen molar-refractivity contribution in [3.63, 3.8) is 0 Å². The second kappa shape index (κ2) is 8.56. The first-order valence-electron chi connectivity index (χ1n) is 8.63. The zero-order chi connectivity index (χ0) is 20.2. The minimum absolute atomic E-state index is 0.128. The molecule has 0 saturated heterocycles. The van der Waals surface area contributed by atoms with Crippen LogP contribution in [0.15, 0.2) is 28.7 Å². The van der Waals surface area contributed by atoms with E-state index >= 15 is 0 Å². The van der Waals surface area contributed by atoms with Gasteiger partial charge < -0.3 is 15.4 Å². The van der Waals surface area contributed by atoms with E-state index in [4.69, 9.17) is 4.74 Å². The van der Waals surface area contributed by atoms with Crippen LogP contribution >= 0.6 is 15.9 Å². The number of carbonyl (C=O) groups excluding carboxylic acids is 2. The molecule has 1 aromatic heterocycles. The highest BCUT2D eigenvalue weighted by molar-refractivity contribution is 9.10. The Hall–Kier alpha value is -2.35. The Morgan fingerprint density at radius 2 is 1.85 bits per heavy atom. The van der Waals surface area contributed by atoms with Gasteiger partial charge in [0.2, 0.25) is 5.91 Å². The van der Waals surface area contributed by atoms with E-state index in [1.165, 1.54) is 0 Å². The highest BCUT2D eigenvalue weighted by Gasteiger charge is 2.18. The Bertz CT molecular complexity index is 823. The monoisotopic (exact) mass is 436 g/mol. The summed E-state index contributed by atoms with van der Waals surface area (Å²) in [5.74, 6) is 0.407. The van der Waals surface area contributed by atoms with Crippen molar-refractivity contribution in [2.45, 2.75) is 39.7 Å². The summed E-state index contributed by atoms with van der Waals surface area (Å²) in [7, 11) is 1.78. The number of aryl methyl sites for hydroxylation is 2. The molecule has 1 aromatic carbocycles. The van der Waals surface area contributed by atoms with Crippen LogP contribution in [0.3, 0.4) is 0 Å². The number of alkyl carbamates (subject to hydrolysis) is 1. The summed E-state index contributed by atoms with van der Waals surface area (Å²) in [6, 6.07) is 7.82. The van der Waals surface area contributed by atoms with Gasteiger partial charge in [-0.05, 0) is 45.4 Å². The molecule has 0 aliphatic carbocycles.